The standard InChI is InChI=1S/C10H16O4/c11-3-9-7-1-6(10(12)13)2-8(9)5-14-4-7/h6-9,11H,1-5H2,(H,12,13). The number of hydrogen-bond acceptors (Lipinski definition) is 3. The van der Waals surface area contributed by atoms with Crippen LogP contribution >= 0.6 is 0 Å². The zero-order valence-electron chi connectivity index (χ0n) is 8.06. The van der Waals surface area contributed by atoms with Crippen LogP contribution in [0.2, 0.25) is 0 Å². The Hall–Kier alpha value is -0.610. The summed E-state index contributed by atoms with van der Waals surface area (Å²) in [5, 5.41) is 18.2. The van der Waals surface area contributed by atoms with E-state index in [1.807, 2.05) is 0 Å². The highest BCUT2D eigenvalue weighted by atomic mass is 16.5. The van der Waals surface area contributed by atoms with Crippen molar-refractivity contribution in [1.29, 1.82) is 0 Å². The van der Waals surface area contributed by atoms with Crippen molar-refractivity contribution in [3.05, 3.63) is 0 Å². The lowest BCUT2D eigenvalue weighted by atomic mass is 9.67. The molecule has 2 aliphatic rings. The molecule has 2 atom stereocenters. The van der Waals surface area contributed by atoms with Crippen molar-refractivity contribution in [1.82, 2.24) is 0 Å². The molecule has 1 saturated heterocycles. The van der Waals surface area contributed by atoms with Gasteiger partial charge < -0.3 is 14.9 Å². The van der Waals surface area contributed by atoms with Crippen molar-refractivity contribution in [2.24, 2.45) is 23.7 Å². The van der Waals surface area contributed by atoms with Gasteiger partial charge in [-0.3, -0.25) is 4.79 Å². The van der Waals surface area contributed by atoms with E-state index < -0.39 is 5.97 Å². The van der Waals surface area contributed by atoms with Crippen LogP contribution < -0.4 is 0 Å². The Labute approximate surface area is 82.9 Å². The van der Waals surface area contributed by atoms with Crippen molar-refractivity contribution in [3.8, 4) is 0 Å². The van der Waals surface area contributed by atoms with E-state index in [1.165, 1.54) is 0 Å². The maximum atomic E-state index is 10.9. The second kappa shape index (κ2) is 3.87. The molecule has 2 unspecified atom stereocenters. The van der Waals surface area contributed by atoms with Gasteiger partial charge in [0, 0.05) is 19.8 Å². The van der Waals surface area contributed by atoms with Crippen LogP contribution in [0.25, 0.3) is 0 Å². The highest BCUT2D eigenvalue weighted by Gasteiger charge is 2.42. The highest BCUT2D eigenvalue weighted by molar-refractivity contribution is 5.70. The Kier molecular flexibility index (Phi) is 2.74. The minimum Gasteiger partial charge on any atom is -0.481 e. The number of carbonyl (C=O) groups is 1. The number of carboxylic acids is 1. The molecule has 0 aromatic carbocycles. The van der Waals surface area contributed by atoms with Gasteiger partial charge in [0.2, 0.25) is 0 Å². The maximum absolute atomic E-state index is 10.9. The van der Waals surface area contributed by atoms with Crippen LogP contribution in [0, 0.1) is 23.7 Å². The highest BCUT2D eigenvalue weighted by Crippen LogP contribution is 2.41. The largest absolute Gasteiger partial charge is 0.481 e. The Morgan fingerprint density at radius 3 is 2.29 bits per heavy atom. The Balaban J connectivity index is 2.08. The van der Waals surface area contributed by atoms with Crippen LogP contribution in [0.15, 0.2) is 0 Å². The van der Waals surface area contributed by atoms with Gasteiger partial charge in [-0.25, -0.2) is 0 Å². The minimum atomic E-state index is -0.696. The van der Waals surface area contributed by atoms with E-state index in [0.717, 1.165) is 0 Å². The molecule has 0 aromatic rings. The average Bonchev–Trinajstić information content (AvgIpc) is 2.15. The summed E-state index contributed by atoms with van der Waals surface area (Å²) in [7, 11) is 0. The third-order valence-corrected chi connectivity index (χ3v) is 3.61. The fraction of sp³-hybridized carbons (Fsp3) is 0.900. The molecule has 0 amide bonds. The third kappa shape index (κ3) is 1.64. The Morgan fingerprint density at radius 1 is 1.29 bits per heavy atom. The zero-order chi connectivity index (χ0) is 10.1. The zero-order valence-corrected chi connectivity index (χ0v) is 8.06. The molecule has 0 aromatic heterocycles. The van der Waals surface area contributed by atoms with E-state index in [0.29, 0.717) is 26.1 Å². The molecule has 14 heavy (non-hydrogen) atoms. The SMILES string of the molecule is O=C(O)C1CC2COCC(C1)C2CO. The van der Waals surface area contributed by atoms with Crippen LogP contribution in [0.3, 0.4) is 0 Å². The molecule has 1 aliphatic heterocycles. The summed E-state index contributed by atoms with van der Waals surface area (Å²) in [6.45, 7) is 1.40. The number of aliphatic hydroxyl groups is 1. The van der Waals surface area contributed by atoms with Crippen LogP contribution in [-0.2, 0) is 9.53 Å². The van der Waals surface area contributed by atoms with E-state index in [4.69, 9.17) is 9.84 Å². The van der Waals surface area contributed by atoms with Crippen molar-refractivity contribution in [3.63, 3.8) is 0 Å². The lowest BCUT2D eigenvalue weighted by Gasteiger charge is -2.43. The number of fused-ring (bicyclic) bond motifs is 2. The third-order valence-electron chi connectivity index (χ3n) is 3.61. The second-order valence-corrected chi connectivity index (χ2v) is 4.41. The topological polar surface area (TPSA) is 66.8 Å². The molecule has 4 nitrogen and oxygen atoms in total. The lowest BCUT2D eigenvalue weighted by Crippen LogP contribution is -2.45. The number of carboxylic acid groups (broad SMARTS) is 1. The molecule has 2 N–H and O–H groups in total. The van der Waals surface area contributed by atoms with Gasteiger partial charge in [0.1, 0.15) is 0 Å². The quantitative estimate of drug-likeness (QED) is 0.675. The predicted molar refractivity (Wildman–Crippen MR) is 48.7 cm³/mol. The fourth-order valence-corrected chi connectivity index (χ4v) is 2.82. The van der Waals surface area contributed by atoms with Gasteiger partial charge in [0.15, 0.2) is 0 Å². The first-order valence-corrected chi connectivity index (χ1v) is 5.13. The second-order valence-electron chi connectivity index (χ2n) is 4.41. The molecule has 80 valence electrons. The average molecular weight is 200 g/mol. The summed E-state index contributed by atoms with van der Waals surface area (Å²) in [4.78, 5) is 10.9. The normalized spacial score (nSPS) is 42.1. The van der Waals surface area contributed by atoms with Crippen molar-refractivity contribution in [2.45, 2.75) is 12.8 Å². The Morgan fingerprint density at radius 2 is 1.86 bits per heavy atom. The summed E-state index contributed by atoms with van der Waals surface area (Å²) < 4.78 is 5.39. The van der Waals surface area contributed by atoms with Crippen LogP contribution in [0.1, 0.15) is 12.8 Å². The number of hydrogen-bond donors (Lipinski definition) is 2. The van der Waals surface area contributed by atoms with Crippen LogP contribution in [0.4, 0.5) is 0 Å². The van der Waals surface area contributed by atoms with Gasteiger partial charge in [0.05, 0.1) is 5.92 Å². The van der Waals surface area contributed by atoms with Gasteiger partial charge in [-0.05, 0) is 30.6 Å². The van der Waals surface area contributed by atoms with E-state index in [1.54, 1.807) is 0 Å². The van der Waals surface area contributed by atoms with E-state index in [-0.39, 0.29) is 30.3 Å². The minimum absolute atomic E-state index is 0.172. The molecular weight excluding hydrogens is 184 g/mol. The summed E-state index contributed by atoms with van der Waals surface area (Å²) >= 11 is 0. The molecule has 2 rings (SSSR count). The molecule has 1 saturated carbocycles. The van der Waals surface area contributed by atoms with Crippen molar-refractivity contribution < 1.29 is 19.7 Å². The van der Waals surface area contributed by atoms with Gasteiger partial charge in [0.25, 0.3) is 0 Å². The first kappa shape index (κ1) is 9.93. The summed E-state index contributed by atoms with van der Waals surface area (Å²) in [6.07, 6.45) is 1.33. The first-order chi connectivity index (χ1) is 6.72. The molecule has 4 heteroatoms. The van der Waals surface area contributed by atoms with Gasteiger partial charge >= 0.3 is 5.97 Å². The first-order valence-electron chi connectivity index (χ1n) is 5.13. The van der Waals surface area contributed by atoms with Crippen LogP contribution in [-0.4, -0.2) is 36.0 Å². The van der Waals surface area contributed by atoms with Gasteiger partial charge in [-0.15, -0.1) is 0 Å². The lowest BCUT2D eigenvalue weighted by molar-refractivity contribution is -0.151. The summed E-state index contributed by atoms with van der Waals surface area (Å²) in [6, 6.07) is 0. The maximum Gasteiger partial charge on any atom is 0.306 e. The van der Waals surface area contributed by atoms with E-state index in [2.05, 4.69) is 0 Å². The number of aliphatic hydroxyl groups excluding tert-OH is 1. The van der Waals surface area contributed by atoms with Gasteiger partial charge in [-0.1, -0.05) is 0 Å². The van der Waals surface area contributed by atoms with Gasteiger partial charge in [-0.2, -0.15) is 0 Å². The van der Waals surface area contributed by atoms with E-state index >= 15 is 0 Å². The molecule has 2 fully saturated rings. The number of rotatable bonds is 2. The molecule has 2 bridgehead atoms. The molecular formula is C10H16O4. The van der Waals surface area contributed by atoms with E-state index in [9.17, 15) is 9.90 Å². The summed E-state index contributed by atoms with van der Waals surface area (Å²) in [5.41, 5.74) is 0. The fourth-order valence-electron chi connectivity index (χ4n) is 2.82. The smallest absolute Gasteiger partial charge is 0.306 e. The predicted octanol–water partition coefficient (Wildman–Crippen LogP) is 0.352. The van der Waals surface area contributed by atoms with Crippen molar-refractivity contribution in [2.75, 3.05) is 19.8 Å². The summed E-state index contributed by atoms with van der Waals surface area (Å²) in [5.74, 6) is -0.170. The Bertz CT molecular complexity index is 214. The molecule has 0 radical (unpaired) electrons. The van der Waals surface area contributed by atoms with Crippen molar-refractivity contribution >= 4 is 5.97 Å². The molecule has 1 aliphatic carbocycles. The molecule has 1 heterocycles. The number of aliphatic carboxylic acids is 1. The monoisotopic (exact) mass is 200 g/mol. The molecule has 0 spiro atoms. The van der Waals surface area contributed by atoms with Crippen LogP contribution in [0.5, 0.6) is 0 Å². The number of ether oxygens (including phenoxy) is 1.